The highest BCUT2D eigenvalue weighted by molar-refractivity contribution is 7.89. The average molecular weight is 424 g/mol. The van der Waals surface area contributed by atoms with Crippen molar-refractivity contribution in [2.24, 2.45) is 0 Å². The Kier molecular flexibility index (Phi) is 6.18. The minimum atomic E-state index is -3.42. The monoisotopic (exact) mass is 423 g/mol. The predicted octanol–water partition coefficient (Wildman–Crippen LogP) is 2.88. The summed E-state index contributed by atoms with van der Waals surface area (Å²) in [6.45, 7) is 5.45. The second kappa shape index (κ2) is 9.00. The second-order valence-electron chi connectivity index (χ2n) is 7.71. The van der Waals surface area contributed by atoms with Gasteiger partial charge >= 0.3 is 0 Å². The van der Waals surface area contributed by atoms with E-state index < -0.39 is 10.0 Å². The molecule has 1 aliphatic heterocycles. The third kappa shape index (κ3) is 4.90. The molecule has 0 radical (unpaired) electrons. The lowest BCUT2D eigenvalue weighted by molar-refractivity contribution is -0.917. The number of hydrogen-bond acceptors (Lipinski definition) is 3. The Morgan fingerprint density at radius 1 is 0.867 bits per heavy atom. The molecule has 6 heteroatoms. The molecule has 4 rings (SSSR count). The number of rotatable bonds is 6. The lowest BCUT2D eigenvalue weighted by atomic mass is 10.2. The van der Waals surface area contributed by atoms with Crippen LogP contribution >= 0.6 is 0 Å². The zero-order chi connectivity index (χ0) is 21.0. The lowest BCUT2D eigenvalue weighted by Crippen LogP contribution is -3.13. The van der Waals surface area contributed by atoms with Crippen molar-refractivity contribution < 1.29 is 18.1 Å². The van der Waals surface area contributed by atoms with Gasteiger partial charge in [0.1, 0.15) is 18.0 Å². The number of hydrogen-bond donors (Lipinski definition) is 1. The van der Waals surface area contributed by atoms with Crippen molar-refractivity contribution in [1.29, 1.82) is 0 Å². The van der Waals surface area contributed by atoms with Crippen LogP contribution < -0.4 is 9.64 Å². The van der Waals surface area contributed by atoms with Gasteiger partial charge in [-0.3, -0.25) is 0 Å². The number of para-hydroxylation sites is 1. The van der Waals surface area contributed by atoms with Gasteiger partial charge in [-0.1, -0.05) is 48.0 Å². The summed E-state index contributed by atoms with van der Waals surface area (Å²) in [6, 6.07) is 24.9. The third-order valence-corrected chi connectivity index (χ3v) is 7.33. The number of aryl methyl sites for hydroxylation is 1. The van der Waals surface area contributed by atoms with Crippen LogP contribution in [0.3, 0.4) is 0 Å². The first-order valence-electron chi connectivity index (χ1n) is 10.2. The first kappa shape index (κ1) is 20.6. The maximum absolute atomic E-state index is 12.9. The van der Waals surface area contributed by atoms with E-state index >= 15 is 0 Å². The van der Waals surface area contributed by atoms with Crippen LogP contribution in [0.4, 0.5) is 0 Å². The van der Waals surface area contributed by atoms with Crippen molar-refractivity contribution in [1.82, 2.24) is 4.31 Å². The van der Waals surface area contributed by atoms with Crippen molar-refractivity contribution in [2.45, 2.75) is 18.4 Å². The van der Waals surface area contributed by atoms with E-state index in [0.29, 0.717) is 18.0 Å². The molecule has 0 saturated carbocycles. The van der Waals surface area contributed by atoms with Gasteiger partial charge in [0.05, 0.1) is 31.1 Å². The number of quaternary nitrogens is 1. The molecule has 1 saturated heterocycles. The normalized spacial score (nSPS) is 15.8. The van der Waals surface area contributed by atoms with Gasteiger partial charge < -0.3 is 9.64 Å². The smallest absolute Gasteiger partial charge is 0.243 e. The van der Waals surface area contributed by atoms with E-state index in [2.05, 4.69) is 12.1 Å². The van der Waals surface area contributed by atoms with E-state index in [1.54, 1.807) is 16.4 Å². The topological polar surface area (TPSA) is 51.0 Å². The zero-order valence-corrected chi connectivity index (χ0v) is 17.9. The van der Waals surface area contributed by atoms with E-state index in [1.807, 2.05) is 61.5 Å². The Labute approximate surface area is 178 Å². The SMILES string of the molecule is Cc1ccc(S(=O)(=O)N2CC[NH+](Cc3cccc(Oc4ccccc4)c3)CC2)cc1. The maximum Gasteiger partial charge on any atom is 0.243 e. The van der Waals surface area contributed by atoms with Crippen LogP contribution in [0.25, 0.3) is 0 Å². The molecule has 30 heavy (non-hydrogen) atoms. The Morgan fingerprint density at radius 3 is 2.23 bits per heavy atom. The van der Waals surface area contributed by atoms with Crippen LogP contribution in [-0.2, 0) is 16.6 Å². The molecule has 0 bridgehead atoms. The minimum absolute atomic E-state index is 0.377. The van der Waals surface area contributed by atoms with Gasteiger partial charge in [-0.2, -0.15) is 4.31 Å². The first-order chi connectivity index (χ1) is 14.5. The standard InChI is InChI=1S/C24H26N2O3S/c1-20-10-12-24(13-11-20)30(27,28)26-16-14-25(15-17-26)19-21-6-5-9-23(18-21)29-22-7-3-2-4-8-22/h2-13,18H,14-17,19H2,1H3/p+1. The van der Waals surface area contributed by atoms with Gasteiger partial charge in [0, 0.05) is 5.56 Å². The summed E-state index contributed by atoms with van der Waals surface area (Å²) < 4.78 is 33.3. The number of nitrogens with zero attached hydrogens (tertiary/aromatic N) is 1. The van der Waals surface area contributed by atoms with Gasteiger partial charge in [-0.25, -0.2) is 8.42 Å². The quantitative estimate of drug-likeness (QED) is 0.663. The third-order valence-electron chi connectivity index (χ3n) is 5.42. The van der Waals surface area contributed by atoms with E-state index in [4.69, 9.17) is 4.74 Å². The molecular formula is C24H27N2O3S+. The molecule has 1 fully saturated rings. The van der Waals surface area contributed by atoms with Crippen molar-refractivity contribution in [3.63, 3.8) is 0 Å². The summed E-state index contributed by atoms with van der Waals surface area (Å²) in [5.41, 5.74) is 2.25. The Hall–Kier alpha value is -2.67. The highest BCUT2D eigenvalue weighted by Crippen LogP contribution is 2.21. The summed E-state index contributed by atoms with van der Waals surface area (Å²) in [7, 11) is -3.42. The number of ether oxygens (including phenoxy) is 1. The van der Waals surface area contributed by atoms with Crippen LogP contribution in [0.1, 0.15) is 11.1 Å². The van der Waals surface area contributed by atoms with Crippen molar-refractivity contribution in [2.75, 3.05) is 26.2 Å². The van der Waals surface area contributed by atoms with E-state index in [1.165, 1.54) is 10.5 Å². The van der Waals surface area contributed by atoms with Gasteiger partial charge in [-0.15, -0.1) is 0 Å². The number of nitrogens with one attached hydrogen (secondary N) is 1. The molecule has 0 atom stereocenters. The van der Waals surface area contributed by atoms with E-state index in [9.17, 15) is 8.42 Å². The van der Waals surface area contributed by atoms with E-state index in [-0.39, 0.29) is 0 Å². The first-order valence-corrected chi connectivity index (χ1v) is 11.7. The molecule has 3 aromatic carbocycles. The van der Waals surface area contributed by atoms with E-state index in [0.717, 1.165) is 36.7 Å². The Balaban J connectivity index is 1.36. The van der Waals surface area contributed by atoms with Crippen LogP contribution in [0.5, 0.6) is 11.5 Å². The fourth-order valence-corrected chi connectivity index (χ4v) is 5.15. The fourth-order valence-electron chi connectivity index (χ4n) is 3.71. The summed E-state index contributed by atoms with van der Waals surface area (Å²) in [5, 5.41) is 0. The van der Waals surface area contributed by atoms with Crippen LogP contribution in [-0.4, -0.2) is 38.9 Å². The number of sulfonamides is 1. The molecule has 5 nitrogen and oxygen atoms in total. The lowest BCUT2D eigenvalue weighted by Gasteiger charge is -2.31. The minimum Gasteiger partial charge on any atom is -0.457 e. The number of piperazine rings is 1. The van der Waals surface area contributed by atoms with Gasteiger partial charge in [0.2, 0.25) is 10.0 Å². The summed E-state index contributed by atoms with van der Waals surface area (Å²) in [5.74, 6) is 1.63. The van der Waals surface area contributed by atoms with Gasteiger partial charge in [0.25, 0.3) is 0 Å². The van der Waals surface area contributed by atoms with Gasteiger partial charge in [-0.05, 0) is 43.3 Å². The van der Waals surface area contributed by atoms with Crippen molar-refractivity contribution in [3.05, 3.63) is 90.0 Å². The van der Waals surface area contributed by atoms with Crippen LogP contribution in [0, 0.1) is 6.92 Å². The average Bonchev–Trinajstić information content (AvgIpc) is 2.75. The molecular weight excluding hydrogens is 396 g/mol. The second-order valence-corrected chi connectivity index (χ2v) is 9.64. The summed E-state index contributed by atoms with van der Waals surface area (Å²) in [6.07, 6.45) is 0. The van der Waals surface area contributed by atoms with Gasteiger partial charge in [0.15, 0.2) is 0 Å². The van der Waals surface area contributed by atoms with Crippen LogP contribution in [0.2, 0.25) is 0 Å². The Morgan fingerprint density at radius 2 is 1.53 bits per heavy atom. The molecule has 0 aliphatic carbocycles. The van der Waals surface area contributed by atoms with Crippen molar-refractivity contribution in [3.8, 4) is 11.5 Å². The zero-order valence-electron chi connectivity index (χ0n) is 17.1. The predicted molar refractivity (Wildman–Crippen MR) is 117 cm³/mol. The van der Waals surface area contributed by atoms with Crippen molar-refractivity contribution >= 4 is 10.0 Å². The highest BCUT2D eigenvalue weighted by Gasteiger charge is 2.30. The summed E-state index contributed by atoms with van der Waals surface area (Å²) in [4.78, 5) is 1.75. The molecule has 0 amide bonds. The molecule has 1 N–H and O–H groups in total. The molecule has 0 aromatic heterocycles. The number of benzene rings is 3. The molecule has 1 heterocycles. The molecule has 3 aromatic rings. The molecule has 0 spiro atoms. The largest absolute Gasteiger partial charge is 0.457 e. The molecule has 156 valence electrons. The summed E-state index contributed by atoms with van der Waals surface area (Å²) >= 11 is 0. The Bertz CT molecular complexity index is 1070. The molecule has 1 aliphatic rings. The highest BCUT2D eigenvalue weighted by atomic mass is 32.2. The van der Waals surface area contributed by atoms with Crippen LogP contribution in [0.15, 0.2) is 83.8 Å². The fraction of sp³-hybridized carbons (Fsp3) is 0.250. The molecule has 0 unspecified atom stereocenters. The maximum atomic E-state index is 12.9.